The molecule has 5 aromatic rings. The Labute approximate surface area is 220 Å². The van der Waals surface area contributed by atoms with E-state index >= 15 is 0 Å². The number of nitrogens with zero attached hydrogens (tertiary/aromatic N) is 4. The summed E-state index contributed by atoms with van der Waals surface area (Å²) in [7, 11) is 0. The van der Waals surface area contributed by atoms with E-state index < -0.39 is 11.9 Å². The lowest BCUT2D eigenvalue weighted by molar-refractivity contribution is 0.0941. The van der Waals surface area contributed by atoms with E-state index in [2.05, 4.69) is 27.2 Å². The first-order valence-corrected chi connectivity index (χ1v) is 12.3. The molecule has 5 rings (SSSR count). The number of hydrogen-bond donors (Lipinski definition) is 2. The average molecular weight is 505 g/mol. The SMILES string of the molecule is C[C@@H](NC(=O)c1c(N)nn2cccnc12)c1cc2cccc(C#CC(C)(C)C)c2c(=O)n1-c1ccccc1. The summed E-state index contributed by atoms with van der Waals surface area (Å²) in [5.74, 6) is 6.09. The van der Waals surface area contributed by atoms with Gasteiger partial charge in [-0.2, -0.15) is 0 Å². The second kappa shape index (κ2) is 9.52. The number of benzene rings is 2. The first-order valence-electron chi connectivity index (χ1n) is 12.3. The zero-order chi connectivity index (χ0) is 27.0. The van der Waals surface area contributed by atoms with Crippen molar-refractivity contribution in [1.82, 2.24) is 24.5 Å². The molecule has 0 fully saturated rings. The maximum absolute atomic E-state index is 14.1. The molecular weight excluding hydrogens is 476 g/mol. The van der Waals surface area contributed by atoms with Crippen LogP contribution in [0.5, 0.6) is 0 Å². The van der Waals surface area contributed by atoms with E-state index in [0.717, 1.165) is 5.39 Å². The monoisotopic (exact) mass is 504 g/mol. The first-order chi connectivity index (χ1) is 18.1. The van der Waals surface area contributed by atoms with Crippen LogP contribution in [0.15, 0.2) is 77.9 Å². The van der Waals surface area contributed by atoms with Crippen LogP contribution < -0.4 is 16.6 Å². The van der Waals surface area contributed by atoms with E-state index in [-0.39, 0.29) is 22.4 Å². The van der Waals surface area contributed by atoms with Crippen LogP contribution in [0.1, 0.15) is 55.4 Å². The molecular formula is C30H28N6O2. The zero-order valence-corrected chi connectivity index (χ0v) is 21.7. The molecule has 0 spiro atoms. The Morgan fingerprint density at radius 1 is 1.08 bits per heavy atom. The lowest BCUT2D eigenvalue weighted by atomic mass is 9.96. The first kappa shape index (κ1) is 24.8. The maximum atomic E-state index is 14.1. The van der Waals surface area contributed by atoms with Crippen molar-refractivity contribution in [3.05, 3.63) is 100 Å². The smallest absolute Gasteiger partial charge is 0.264 e. The molecule has 8 heteroatoms. The summed E-state index contributed by atoms with van der Waals surface area (Å²) in [6, 6.07) is 18.1. The van der Waals surface area contributed by atoms with Crippen molar-refractivity contribution in [2.75, 3.05) is 5.73 Å². The number of fused-ring (bicyclic) bond motifs is 2. The number of amides is 1. The van der Waals surface area contributed by atoms with Crippen LogP contribution in [0.2, 0.25) is 0 Å². The number of rotatable bonds is 4. The second-order valence-electron chi connectivity index (χ2n) is 10.2. The van der Waals surface area contributed by atoms with Crippen molar-refractivity contribution in [2.45, 2.75) is 33.7 Å². The highest BCUT2D eigenvalue weighted by Gasteiger charge is 2.24. The molecule has 3 N–H and O–H groups in total. The number of carbonyl (C=O) groups excluding carboxylic acids is 1. The van der Waals surface area contributed by atoms with Crippen molar-refractivity contribution >= 4 is 28.1 Å². The lowest BCUT2D eigenvalue weighted by Crippen LogP contribution is -2.32. The van der Waals surface area contributed by atoms with E-state index in [1.54, 1.807) is 23.0 Å². The molecule has 0 saturated heterocycles. The Balaban J connectivity index is 1.66. The summed E-state index contributed by atoms with van der Waals surface area (Å²) >= 11 is 0. The Morgan fingerprint density at radius 2 is 1.84 bits per heavy atom. The number of pyridine rings is 1. The van der Waals surface area contributed by atoms with Gasteiger partial charge in [0.15, 0.2) is 11.5 Å². The number of nitrogens with one attached hydrogen (secondary N) is 1. The molecule has 190 valence electrons. The fourth-order valence-electron chi connectivity index (χ4n) is 4.37. The number of carbonyl (C=O) groups is 1. The standard InChI is InChI=1S/C30H28N6O2/c1-19(33-28(37)25-26(31)34-35-17-9-16-32-27(25)35)23-18-21-11-8-10-20(14-15-30(2,3)4)24(21)29(38)36(23)22-12-6-5-7-13-22/h5-13,16-19H,1-4H3,(H2,31,34)(H,33,37)/t19-/m1/s1. The van der Waals surface area contributed by atoms with Crippen LogP contribution in [0, 0.1) is 17.3 Å². The molecule has 3 heterocycles. The molecule has 2 aromatic carbocycles. The van der Waals surface area contributed by atoms with Crippen molar-refractivity contribution in [1.29, 1.82) is 0 Å². The van der Waals surface area contributed by atoms with E-state index in [4.69, 9.17) is 5.73 Å². The van der Waals surface area contributed by atoms with Crippen molar-refractivity contribution < 1.29 is 4.79 Å². The second-order valence-corrected chi connectivity index (χ2v) is 10.2. The van der Waals surface area contributed by atoms with E-state index in [9.17, 15) is 9.59 Å². The molecule has 0 radical (unpaired) electrons. The number of para-hydroxylation sites is 1. The van der Waals surface area contributed by atoms with Gasteiger partial charge in [0.2, 0.25) is 0 Å². The molecule has 3 aromatic heterocycles. The largest absolute Gasteiger partial charge is 0.381 e. The molecule has 1 atom stereocenters. The minimum Gasteiger partial charge on any atom is -0.381 e. The molecule has 0 saturated carbocycles. The fraction of sp³-hybridized carbons (Fsp3) is 0.200. The van der Waals surface area contributed by atoms with Gasteiger partial charge in [-0.25, -0.2) is 9.50 Å². The van der Waals surface area contributed by atoms with E-state index in [1.807, 2.05) is 82.3 Å². The van der Waals surface area contributed by atoms with Gasteiger partial charge in [0.1, 0.15) is 5.56 Å². The summed E-state index contributed by atoms with van der Waals surface area (Å²) in [4.78, 5) is 31.7. The highest BCUT2D eigenvalue weighted by molar-refractivity contribution is 6.04. The van der Waals surface area contributed by atoms with Gasteiger partial charge in [-0.3, -0.25) is 14.2 Å². The van der Waals surface area contributed by atoms with Crippen molar-refractivity contribution in [2.24, 2.45) is 5.41 Å². The topological polar surface area (TPSA) is 107 Å². The molecule has 0 unspecified atom stereocenters. The van der Waals surface area contributed by atoms with Crippen LogP contribution >= 0.6 is 0 Å². The molecule has 1 amide bonds. The highest BCUT2D eigenvalue weighted by atomic mass is 16.2. The van der Waals surface area contributed by atoms with Gasteiger partial charge in [0.05, 0.1) is 11.4 Å². The summed E-state index contributed by atoms with van der Waals surface area (Å²) < 4.78 is 3.10. The van der Waals surface area contributed by atoms with Crippen LogP contribution in [0.3, 0.4) is 0 Å². The summed E-state index contributed by atoms with van der Waals surface area (Å²) in [5, 5.41) is 8.46. The van der Waals surface area contributed by atoms with Gasteiger partial charge in [-0.05, 0) is 63.4 Å². The fourth-order valence-corrected chi connectivity index (χ4v) is 4.37. The third-order valence-electron chi connectivity index (χ3n) is 6.10. The summed E-state index contributed by atoms with van der Waals surface area (Å²) in [6.45, 7) is 7.92. The predicted octanol–water partition coefficient (Wildman–Crippen LogP) is 4.50. The maximum Gasteiger partial charge on any atom is 0.264 e. The number of aromatic nitrogens is 4. The molecule has 0 aliphatic heterocycles. The van der Waals surface area contributed by atoms with Gasteiger partial charge < -0.3 is 11.1 Å². The molecule has 0 bridgehead atoms. The number of nitrogen functional groups attached to an aromatic ring is 1. The minimum absolute atomic E-state index is 0.0782. The van der Waals surface area contributed by atoms with Gasteiger partial charge in [-0.15, -0.1) is 5.10 Å². The Hall–Kier alpha value is -4.90. The highest BCUT2D eigenvalue weighted by Crippen LogP contribution is 2.25. The van der Waals surface area contributed by atoms with Crippen molar-refractivity contribution in [3.8, 4) is 17.5 Å². The predicted molar refractivity (Wildman–Crippen MR) is 149 cm³/mol. The molecule has 8 nitrogen and oxygen atoms in total. The van der Waals surface area contributed by atoms with Crippen LogP contribution in [0.4, 0.5) is 5.82 Å². The third-order valence-corrected chi connectivity index (χ3v) is 6.10. The van der Waals surface area contributed by atoms with Gasteiger partial charge in [0.25, 0.3) is 11.5 Å². The van der Waals surface area contributed by atoms with Gasteiger partial charge in [0, 0.05) is 34.8 Å². The minimum atomic E-state index is -0.554. The third kappa shape index (κ3) is 4.62. The van der Waals surface area contributed by atoms with Crippen LogP contribution in [-0.2, 0) is 0 Å². The number of anilines is 1. The number of nitrogens with two attached hydrogens (primary N) is 1. The van der Waals surface area contributed by atoms with E-state index in [0.29, 0.717) is 28.0 Å². The van der Waals surface area contributed by atoms with Crippen LogP contribution in [0.25, 0.3) is 22.1 Å². The lowest BCUT2D eigenvalue weighted by Gasteiger charge is -2.21. The quantitative estimate of drug-likeness (QED) is 0.350. The Bertz CT molecular complexity index is 1800. The Morgan fingerprint density at radius 3 is 2.58 bits per heavy atom. The summed E-state index contributed by atoms with van der Waals surface area (Å²) in [6.07, 6.45) is 3.25. The molecule has 38 heavy (non-hydrogen) atoms. The Kier molecular flexibility index (Phi) is 6.21. The van der Waals surface area contributed by atoms with Gasteiger partial charge in [-0.1, -0.05) is 42.2 Å². The average Bonchev–Trinajstić information content (AvgIpc) is 3.23. The van der Waals surface area contributed by atoms with Crippen LogP contribution in [-0.4, -0.2) is 25.1 Å². The van der Waals surface area contributed by atoms with Crippen molar-refractivity contribution in [3.63, 3.8) is 0 Å². The number of hydrogen-bond acceptors (Lipinski definition) is 5. The zero-order valence-electron chi connectivity index (χ0n) is 21.7. The molecule has 0 aliphatic carbocycles. The summed E-state index contributed by atoms with van der Waals surface area (Å²) in [5.41, 5.74) is 8.16. The normalized spacial score (nSPS) is 12.2. The van der Waals surface area contributed by atoms with E-state index in [1.165, 1.54) is 4.52 Å². The molecule has 0 aliphatic rings. The van der Waals surface area contributed by atoms with Gasteiger partial charge >= 0.3 is 0 Å².